The zero-order valence-electron chi connectivity index (χ0n) is 12.1. The number of carbonyl (C=O) groups is 1. The summed E-state index contributed by atoms with van der Waals surface area (Å²) in [5, 5.41) is 0. The van der Waals surface area contributed by atoms with Crippen LogP contribution >= 0.6 is 0 Å². The van der Waals surface area contributed by atoms with Crippen LogP contribution in [0.2, 0.25) is 0 Å². The van der Waals surface area contributed by atoms with Crippen molar-refractivity contribution >= 4 is 16.9 Å². The summed E-state index contributed by atoms with van der Waals surface area (Å²) >= 11 is 0. The first kappa shape index (κ1) is 13.3. The minimum atomic E-state index is -0.482. The van der Waals surface area contributed by atoms with Crippen molar-refractivity contribution in [3.63, 3.8) is 0 Å². The Morgan fingerprint density at radius 3 is 2.65 bits per heavy atom. The lowest BCUT2D eigenvalue weighted by Crippen LogP contribution is -2.11. The molecule has 2 aromatic heterocycles. The summed E-state index contributed by atoms with van der Waals surface area (Å²) in [5.41, 5.74) is 9.14. The monoisotopic (exact) mass is 303 g/mol. The molecule has 0 saturated carbocycles. The van der Waals surface area contributed by atoms with E-state index in [1.807, 2.05) is 41.1 Å². The molecule has 0 spiro atoms. The summed E-state index contributed by atoms with van der Waals surface area (Å²) in [6.07, 6.45) is 5.36. The minimum absolute atomic E-state index is 0.417. The summed E-state index contributed by atoms with van der Waals surface area (Å²) < 4.78 is 1.92. The van der Waals surface area contributed by atoms with E-state index in [-0.39, 0.29) is 0 Å². The number of amides is 1. The molecule has 0 radical (unpaired) electrons. The number of hydrogen-bond donors (Lipinski definition) is 2. The Bertz CT molecular complexity index is 984. The zero-order valence-corrected chi connectivity index (χ0v) is 12.1. The van der Waals surface area contributed by atoms with Crippen LogP contribution in [0.1, 0.15) is 10.4 Å². The lowest BCUT2D eigenvalue weighted by molar-refractivity contribution is 0.100. The Morgan fingerprint density at radius 2 is 1.96 bits per heavy atom. The molecule has 6 nitrogen and oxygen atoms in total. The van der Waals surface area contributed by atoms with E-state index in [4.69, 9.17) is 5.73 Å². The summed E-state index contributed by atoms with van der Waals surface area (Å²) in [4.78, 5) is 23.3. The average molecular weight is 303 g/mol. The fourth-order valence-corrected chi connectivity index (χ4v) is 2.57. The van der Waals surface area contributed by atoms with Gasteiger partial charge in [-0.1, -0.05) is 6.07 Å². The van der Waals surface area contributed by atoms with Crippen LogP contribution in [0.25, 0.3) is 28.1 Å². The van der Waals surface area contributed by atoms with Gasteiger partial charge in [-0.3, -0.25) is 4.79 Å². The number of nitrogens with one attached hydrogen (secondary N) is 1. The predicted molar refractivity (Wildman–Crippen MR) is 87.2 cm³/mol. The topological polar surface area (TPSA) is 89.6 Å². The van der Waals surface area contributed by atoms with Crippen molar-refractivity contribution in [3.8, 4) is 17.1 Å². The number of aromatic amines is 1. The fourth-order valence-electron chi connectivity index (χ4n) is 2.57. The molecule has 112 valence electrons. The van der Waals surface area contributed by atoms with Gasteiger partial charge in [-0.2, -0.15) is 0 Å². The third-order valence-electron chi connectivity index (χ3n) is 3.72. The molecule has 3 N–H and O–H groups in total. The number of hydrogen-bond acceptors (Lipinski definition) is 3. The van der Waals surface area contributed by atoms with Gasteiger partial charge in [0.15, 0.2) is 0 Å². The Hall–Kier alpha value is -3.41. The van der Waals surface area contributed by atoms with E-state index in [0.717, 1.165) is 16.8 Å². The predicted octanol–water partition coefficient (Wildman–Crippen LogP) is 2.51. The van der Waals surface area contributed by atoms with Gasteiger partial charge in [-0.05, 0) is 36.4 Å². The van der Waals surface area contributed by atoms with Gasteiger partial charge in [0.05, 0.1) is 17.4 Å². The largest absolute Gasteiger partial charge is 0.366 e. The van der Waals surface area contributed by atoms with Crippen LogP contribution in [0.15, 0.2) is 61.2 Å². The van der Waals surface area contributed by atoms with Gasteiger partial charge >= 0.3 is 0 Å². The molecule has 0 atom stereocenters. The Labute approximate surface area is 131 Å². The van der Waals surface area contributed by atoms with Crippen molar-refractivity contribution in [1.82, 2.24) is 19.5 Å². The van der Waals surface area contributed by atoms with Crippen LogP contribution in [-0.4, -0.2) is 25.4 Å². The molecule has 0 unspecified atom stereocenters. The maximum atomic E-state index is 11.5. The first-order valence-electron chi connectivity index (χ1n) is 7.10. The second-order valence-electron chi connectivity index (χ2n) is 5.17. The lowest BCUT2D eigenvalue weighted by Gasteiger charge is -2.02. The Balaban J connectivity index is 1.77. The molecule has 23 heavy (non-hydrogen) atoms. The number of nitrogens with zero attached hydrogens (tertiary/aromatic N) is 3. The van der Waals surface area contributed by atoms with Crippen LogP contribution in [0, 0.1) is 0 Å². The molecular formula is C17H13N5O. The molecule has 0 aliphatic carbocycles. The molecule has 0 bridgehead atoms. The number of benzene rings is 2. The molecule has 1 amide bonds. The normalized spacial score (nSPS) is 11.0. The fraction of sp³-hybridized carbons (Fsp3) is 0. The van der Waals surface area contributed by atoms with Crippen molar-refractivity contribution in [1.29, 1.82) is 0 Å². The number of aromatic nitrogens is 4. The van der Waals surface area contributed by atoms with Crippen LogP contribution in [0.4, 0.5) is 0 Å². The van der Waals surface area contributed by atoms with Crippen molar-refractivity contribution < 1.29 is 4.79 Å². The van der Waals surface area contributed by atoms with E-state index in [9.17, 15) is 4.79 Å². The number of carbonyl (C=O) groups excluding carboxylic acids is 1. The lowest BCUT2D eigenvalue weighted by atomic mass is 10.2. The number of imidazole rings is 2. The van der Waals surface area contributed by atoms with Crippen LogP contribution in [0.3, 0.4) is 0 Å². The minimum Gasteiger partial charge on any atom is -0.366 e. The summed E-state index contributed by atoms with van der Waals surface area (Å²) in [6.45, 7) is 0. The summed E-state index contributed by atoms with van der Waals surface area (Å²) in [6, 6.07) is 13.2. The van der Waals surface area contributed by atoms with Crippen molar-refractivity contribution in [2.45, 2.75) is 0 Å². The first-order chi connectivity index (χ1) is 11.2. The highest BCUT2D eigenvalue weighted by Gasteiger charge is 2.12. The highest BCUT2D eigenvalue weighted by atomic mass is 16.1. The zero-order chi connectivity index (χ0) is 15.8. The quantitative estimate of drug-likeness (QED) is 0.609. The van der Waals surface area contributed by atoms with Crippen molar-refractivity contribution in [2.75, 3.05) is 0 Å². The van der Waals surface area contributed by atoms with Gasteiger partial charge in [-0.15, -0.1) is 0 Å². The maximum Gasteiger partial charge on any atom is 0.250 e. The molecule has 0 saturated heterocycles. The van der Waals surface area contributed by atoms with Gasteiger partial charge in [0.1, 0.15) is 11.3 Å². The molecule has 0 aliphatic rings. The molecule has 2 aromatic carbocycles. The van der Waals surface area contributed by atoms with Gasteiger partial charge in [0, 0.05) is 23.6 Å². The highest BCUT2D eigenvalue weighted by Crippen LogP contribution is 2.23. The number of primary amides is 1. The number of fused-ring (bicyclic) bond motifs is 1. The van der Waals surface area contributed by atoms with Crippen molar-refractivity contribution in [2.24, 2.45) is 5.73 Å². The summed E-state index contributed by atoms with van der Waals surface area (Å²) in [5.74, 6) is 0.218. The van der Waals surface area contributed by atoms with Crippen molar-refractivity contribution in [3.05, 3.63) is 66.7 Å². The molecular weight excluding hydrogens is 290 g/mol. The van der Waals surface area contributed by atoms with E-state index in [1.54, 1.807) is 24.7 Å². The van der Waals surface area contributed by atoms with E-state index in [2.05, 4.69) is 15.0 Å². The van der Waals surface area contributed by atoms with Crippen LogP contribution < -0.4 is 5.73 Å². The van der Waals surface area contributed by atoms with Gasteiger partial charge < -0.3 is 15.3 Å². The first-order valence-corrected chi connectivity index (χ1v) is 7.10. The Morgan fingerprint density at radius 1 is 1.13 bits per heavy atom. The molecule has 6 heteroatoms. The van der Waals surface area contributed by atoms with Crippen LogP contribution in [-0.2, 0) is 0 Å². The third-order valence-corrected chi connectivity index (χ3v) is 3.72. The smallest absolute Gasteiger partial charge is 0.250 e. The maximum absolute atomic E-state index is 11.5. The Kier molecular flexibility index (Phi) is 2.94. The highest BCUT2D eigenvalue weighted by molar-refractivity contribution is 6.04. The molecule has 0 fully saturated rings. The van der Waals surface area contributed by atoms with Gasteiger partial charge in [0.25, 0.3) is 5.91 Å². The number of rotatable bonds is 3. The molecule has 4 aromatic rings. The van der Waals surface area contributed by atoms with Crippen LogP contribution in [0.5, 0.6) is 0 Å². The molecule has 0 aliphatic heterocycles. The van der Waals surface area contributed by atoms with Gasteiger partial charge in [0.2, 0.25) is 0 Å². The standard InChI is InChI=1S/C17H13N5O/c18-16(23)13-2-1-3-14-15(13)21-17(20-14)11-4-6-12(7-5-11)22-9-8-19-10-22/h1-10H,(H2,18,23)(H,20,21). The SMILES string of the molecule is NC(=O)c1cccc2[nH]c(-c3ccc(-n4ccnc4)cc3)nc12. The molecule has 4 rings (SSSR count). The van der Waals surface area contributed by atoms with E-state index in [0.29, 0.717) is 16.9 Å². The second-order valence-corrected chi connectivity index (χ2v) is 5.17. The number of para-hydroxylation sites is 1. The van der Waals surface area contributed by atoms with E-state index in [1.165, 1.54) is 0 Å². The second kappa shape index (κ2) is 5.10. The number of H-pyrrole nitrogens is 1. The van der Waals surface area contributed by atoms with Gasteiger partial charge in [-0.25, -0.2) is 9.97 Å². The summed E-state index contributed by atoms with van der Waals surface area (Å²) in [7, 11) is 0. The number of nitrogens with two attached hydrogens (primary N) is 1. The third kappa shape index (κ3) is 2.26. The van der Waals surface area contributed by atoms with E-state index < -0.39 is 5.91 Å². The molecule has 2 heterocycles. The van der Waals surface area contributed by atoms with E-state index >= 15 is 0 Å². The average Bonchev–Trinajstić information content (AvgIpc) is 3.24.